The lowest BCUT2D eigenvalue weighted by molar-refractivity contribution is -0.123. The molecule has 2 fully saturated rings. The number of nitriles is 1. The molecule has 0 bridgehead atoms. The summed E-state index contributed by atoms with van der Waals surface area (Å²) in [6.07, 6.45) is 11.1. The summed E-state index contributed by atoms with van der Waals surface area (Å²) in [5.74, 6) is 0.141. The number of nitrogens with zero attached hydrogens (tertiary/aromatic N) is 6. The molecule has 7 nitrogen and oxygen atoms in total. The molecule has 1 aliphatic heterocycles. The molecule has 3 aromatic rings. The van der Waals surface area contributed by atoms with Gasteiger partial charge in [-0.3, -0.25) is 14.8 Å². The van der Waals surface area contributed by atoms with Gasteiger partial charge < -0.3 is 4.90 Å². The van der Waals surface area contributed by atoms with E-state index < -0.39 is 5.41 Å². The minimum Gasteiger partial charge on any atom is -0.309 e. The molecule has 1 saturated carbocycles. The fraction of sp³-hybridized carbons (Fsp3) is 0.316. The molecule has 1 aliphatic carbocycles. The van der Waals surface area contributed by atoms with Gasteiger partial charge in [0.25, 0.3) is 0 Å². The van der Waals surface area contributed by atoms with Gasteiger partial charge in [-0.15, -0.1) is 0 Å². The van der Waals surface area contributed by atoms with Crippen molar-refractivity contribution in [1.29, 1.82) is 5.26 Å². The number of hydrogen-bond acceptors (Lipinski definition) is 5. The topological polar surface area (TPSA) is 87.2 Å². The predicted molar refractivity (Wildman–Crippen MR) is 94.0 cm³/mol. The highest BCUT2D eigenvalue weighted by molar-refractivity contribution is 6.05. The van der Waals surface area contributed by atoms with Crippen LogP contribution in [0.15, 0.2) is 43.1 Å². The van der Waals surface area contributed by atoms with Crippen molar-refractivity contribution in [1.82, 2.24) is 19.6 Å². The SMILES string of the molecule is N#C[C@@]1(C2CC2)CCN(c2ccnn3cc(-c4cnccn4)cc23)C1=O. The van der Waals surface area contributed by atoms with E-state index in [1.54, 1.807) is 34.2 Å². The number of amides is 1. The molecule has 2 aliphatic rings. The average Bonchev–Trinajstić information content (AvgIpc) is 3.35. The molecular formula is C19H16N6O. The first-order valence-electron chi connectivity index (χ1n) is 8.70. The number of hydrogen-bond donors (Lipinski definition) is 0. The van der Waals surface area contributed by atoms with Crippen molar-refractivity contribution in [2.75, 3.05) is 11.4 Å². The maximum atomic E-state index is 13.1. The van der Waals surface area contributed by atoms with Crippen molar-refractivity contribution >= 4 is 17.1 Å². The Morgan fingerprint density at radius 2 is 2.15 bits per heavy atom. The standard InChI is InChI=1S/C19H16N6O/c20-12-19(14-1-2-14)4-8-24(18(19)26)16-3-5-23-25-11-13(9-17(16)25)15-10-21-6-7-22-15/h3,5-7,9-11,14H,1-2,4,8H2/t19-/m1/s1. The Morgan fingerprint density at radius 3 is 2.88 bits per heavy atom. The summed E-state index contributed by atoms with van der Waals surface area (Å²) in [4.78, 5) is 23.3. The van der Waals surface area contributed by atoms with Crippen molar-refractivity contribution < 1.29 is 4.79 Å². The van der Waals surface area contributed by atoms with Crippen LogP contribution in [0.4, 0.5) is 5.69 Å². The smallest absolute Gasteiger partial charge is 0.247 e. The van der Waals surface area contributed by atoms with E-state index in [2.05, 4.69) is 21.1 Å². The maximum Gasteiger partial charge on any atom is 0.247 e. The molecule has 7 heteroatoms. The van der Waals surface area contributed by atoms with Gasteiger partial charge in [0.2, 0.25) is 5.91 Å². The summed E-state index contributed by atoms with van der Waals surface area (Å²) >= 11 is 0. The van der Waals surface area contributed by atoms with Gasteiger partial charge in [-0.1, -0.05) is 0 Å². The summed E-state index contributed by atoms with van der Waals surface area (Å²) < 4.78 is 1.75. The first-order chi connectivity index (χ1) is 12.7. The molecule has 0 radical (unpaired) electrons. The van der Waals surface area contributed by atoms with E-state index in [1.165, 1.54) is 0 Å². The van der Waals surface area contributed by atoms with Crippen LogP contribution < -0.4 is 4.90 Å². The minimum absolute atomic E-state index is 0.0714. The van der Waals surface area contributed by atoms with Crippen LogP contribution in [0.25, 0.3) is 16.8 Å². The maximum absolute atomic E-state index is 13.1. The molecule has 5 rings (SSSR count). The molecule has 1 amide bonds. The zero-order valence-electron chi connectivity index (χ0n) is 14.0. The van der Waals surface area contributed by atoms with E-state index in [4.69, 9.17) is 0 Å². The summed E-state index contributed by atoms with van der Waals surface area (Å²) in [5, 5.41) is 14.1. The van der Waals surface area contributed by atoms with Gasteiger partial charge in [0.15, 0.2) is 0 Å². The van der Waals surface area contributed by atoms with Crippen LogP contribution in [0.5, 0.6) is 0 Å². The highest BCUT2D eigenvalue weighted by atomic mass is 16.2. The van der Waals surface area contributed by atoms with Gasteiger partial charge in [0.05, 0.1) is 29.2 Å². The molecule has 1 atom stereocenters. The Bertz CT molecular complexity index is 1050. The predicted octanol–water partition coefficient (Wildman–Crippen LogP) is 2.45. The second-order valence-electron chi connectivity index (χ2n) is 6.93. The van der Waals surface area contributed by atoms with Crippen LogP contribution in [0.2, 0.25) is 0 Å². The highest BCUT2D eigenvalue weighted by Gasteiger charge is 2.56. The second-order valence-corrected chi connectivity index (χ2v) is 6.93. The van der Waals surface area contributed by atoms with E-state index in [0.29, 0.717) is 13.0 Å². The molecular weight excluding hydrogens is 328 g/mol. The Kier molecular flexibility index (Phi) is 3.10. The molecule has 26 heavy (non-hydrogen) atoms. The Balaban J connectivity index is 1.59. The average molecular weight is 344 g/mol. The lowest BCUT2D eigenvalue weighted by atomic mass is 9.83. The lowest BCUT2D eigenvalue weighted by Crippen LogP contribution is -2.35. The zero-order chi connectivity index (χ0) is 17.7. The van der Waals surface area contributed by atoms with Crippen molar-refractivity contribution in [3.63, 3.8) is 0 Å². The molecule has 0 N–H and O–H groups in total. The zero-order valence-corrected chi connectivity index (χ0v) is 14.0. The Hall–Kier alpha value is -3.27. The monoisotopic (exact) mass is 344 g/mol. The van der Waals surface area contributed by atoms with Gasteiger partial charge in [-0.25, -0.2) is 4.52 Å². The molecule has 3 aromatic heterocycles. The van der Waals surface area contributed by atoms with Crippen molar-refractivity contribution in [3.05, 3.63) is 43.1 Å². The first kappa shape index (κ1) is 15.0. The van der Waals surface area contributed by atoms with Crippen LogP contribution in [0.3, 0.4) is 0 Å². The Morgan fingerprint density at radius 1 is 1.27 bits per heavy atom. The summed E-state index contributed by atoms with van der Waals surface area (Å²) in [5.41, 5.74) is 2.41. The largest absolute Gasteiger partial charge is 0.309 e. The van der Waals surface area contributed by atoms with Crippen LogP contribution in [-0.2, 0) is 4.79 Å². The molecule has 0 spiro atoms. The van der Waals surface area contributed by atoms with E-state index >= 15 is 0 Å². The minimum atomic E-state index is -0.847. The summed E-state index contributed by atoms with van der Waals surface area (Å²) in [6, 6.07) is 6.14. The van der Waals surface area contributed by atoms with Crippen LogP contribution in [-0.4, -0.2) is 32.0 Å². The number of rotatable bonds is 3. The first-order valence-corrected chi connectivity index (χ1v) is 8.70. The fourth-order valence-corrected chi connectivity index (χ4v) is 3.93. The van der Waals surface area contributed by atoms with Crippen molar-refractivity contribution in [2.24, 2.45) is 11.3 Å². The van der Waals surface area contributed by atoms with Crippen molar-refractivity contribution in [3.8, 4) is 17.3 Å². The third-order valence-electron chi connectivity index (χ3n) is 5.47. The van der Waals surface area contributed by atoms with Crippen LogP contribution in [0, 0.1) is 22.7 Å². The quantitative estimate of drug-likeness (QED) is 0.728. The number of carbonyl (C=O) groups excluding carboxylic acids is 1. The number of carbonyl (C=O) groups is 1. The van der Waals surface area contributed by atoms with E-state index in [1.807, 2.05) is 18.3 Å². The Labute approximate surface area is 149 Å². The summed E-state index contributed by atoms with van der Waals surface area (Å²) in [6.45, 7) is 0.564. The van der Waals surface area contributed by atoms with Crippen LogP contribution >= 0.6 is 0 Å². The fourth-order valence-electron chi connectivity index (χ4n) is 3.93. The molecule has 128 valence electrons. The number of aromatic nitrogens is 4. The van der Waals surface area contributed by atoms with E-state index in [0.717, 1.165) is 35.3 Å². The van der Waals surface area contributed by atoms with Gasteiger partial charge in [-0.05, 0) is 37.3 Å². The number of fused-ring (bicyclic) bond motifs is 1. The highest BCUT2D eigenvalue weighted by Crippen LogP contribution is 2.52. The van der Waals surface area contributed by atoms with Gasteiger partial charge in [-0.2, -0.15) is 10.4 Å². The normalized spacial score (nSPS) is 22.7. The van der Waals surface area contributed by atoms with Crippen LogP contribution in [0.1, 0.15) is 19.3 Å². The van der Waals surface area contributed by atoms with E-state index in [9.17, 15) is 10.1 Å². The third-order valence-corrected chi connectivity index (χ3v) is 5.47. The van der Waals surface area contributed by atoms with Crippen molar-refractivity contribution in [2.45, 2.75) is 19.3 Å². The number of anilines is 1. The summed E-state index contributed by atoms with van der Waals surface area (Å²) in [7, 11) is 0. The van der Waals surface area contributed by atoms with Gasteiger partial charge in [0, 0.05) is 36.9 Å². The van der Waals surface area contributed by atoms with Gasteiger partial charge in [0.1, 0.15) is 5.41 Å². The molecule has 0 unspecified atom stereocenters. The lowest BCUT2D eigenvalue weighted by Gasteiger charge is -2.21. The van der Waals surface area contributed by atoms with Gasteiger partial charge >= 0.3 is 0 Å². The molecule has 1 saturated heterocycles. The molecule has 0 aromatic carbocycles. The van der Waals surface area contributed by atoms with E-state index in [-0.39, 0.29) is 11.8 Å². The third kappa shape index (κ3) is 2.05. The molecule has 4 heterocycles. The second kappa shape index (κ2) is 5.36.